The largest absolute Gasteiger partial charge is 0.353 e. The molecule has 2 fully saturated rings. The summed E-state index contributed by atoms with van der Waals surface area (Å²) in [6, 6.07) is 20.2. The highest BCUT2D eigenvalue weighted by atomic mass is 16.7. The standard InChI is InChI=1S/C24H29N3O3/c28-23(27-14-7-8-16-30-27)17-22-24(29)25-13-15-26(22)18-21(19-9-3-1-4-10-19)20-11-5-2-6-12-20/h1-6,9-12,21-22H,7-8,13-18H2,(H,25,29)/t22-/m1/s1. The molecule has 2 saturated heterocycles. The van der Waals surface area contributed by atoms with Crippen molar-refractivity contribution >= 4 is 11.8 Å². The van der Waals surface area contributed by atoms with Crippen LogP contribution in [0.2, 0.25) is 0 Å². The predicted octanol–water partition coefficient (Wildman–Crippen LogP) is 2.56. The molecular weight excluding hydrogens is 378 g/mol. The Hall–Kier alpha value is -2.70. The van der Waals surface area contributed by atoms with Crippen molar-refractivity contribution in [3.8, 4) is 0 Å². The van der Waals surface area contributed by atoms with Gasteiger partial charge in [0.25, 0.3) is 0 Å². The first-order chi connectivity index (χ1) is 14.7. The summed E-state index contributed by atoms with van der Waals surface area (Å²) in [4.78, 5) is 33.2. The number of amides is 2. The third-order valence-corrected chi connectivity index (χ3v) is 5.91. The first kappa shape index (κ1) is 20.6. The number of carbonyl (C=O) groups is 2. The number of benzene rings is 2. The van der Waals surface area contributed by atoms with Crippen LogP contribution in [0.5, 0.6) is 0 Å². The summed E-state index contributed by atoms with van der Waals surface area (Å²) >= 11 is 0. The van der Waals surface area contributed by atoms with E-state index in [9.17, 15) is 9.59 Å². The summed E-state index contributed by atoms with van der Waals surface area (Å²) < 4.78 is 0. The van der Waals surface area contributed by atoms with Gasteiger partial charge in [0.2, 0.25) is 11.8 Å². The molecule has 0 unspecified atom stereocenters. The SMILES string of the molecule is O=C1NCCN(CC(c2ccccc2)c2ccccc2)[C@@H]1CC(=O)N1CCCCO1. The summed E-state index contributed by atoms with van der Waals surface area (Å²) in [7, 11) is 0. The van der Waals surface area contributed by atoms with Crippen LogP contribution in [-0.2, 0) is 14.4 Å². The molecule has 0 aromatic heterocycles. The number of hydrogen-bond acceptors (Lipinski definition) is 4. The Balaban J connectivity index is 1.54. The van der Waals surface area contributed by atoms with Crippen LogP contribution in [0.15, 0.2) is 60.7 Å². The van der Waals surface area contributed by atoms with Gasteiger partial charge in [-0.15, -0.1) is 0 Å². The molecule has 1 atom stereocenters. The third kappa shape index (κ3) is 4.89. The fourth-order valence-electron chi connectivity index (χ4n) is 4.27. The van der Waals surface area contributed by atoms with Gasteiger partial charge in [0.05, 0.1) is 19.1 Å². The fraction of sp³-hybridized carbons (Fsp3) is 0.417. The van der Waals surface area contributed by atoms with E-state index < -0.39 is 6.04 Å². The summed E-state index contributed by atoms with van der Waals surface area (Å²) in [6.45, 7) is 3.17. The van der Waals surface area contributed by atoms with Crippen molar-refractivity contribution < 1.29 is 14.4 Å². The maximum atomic E-state index is 12.8. The second kappa shape index (κ2) is 9.87. The van der Waals surface area contributed by atoms with Gasteiger partial charge in [-0.05, 0) is 24.0 Å². The van der Waals surface area contributed by atoms with Crippen LogP contribution < -0.4 is 5.32 Å². The van der Waals surface area contributed by atoms with Crippen molar-refractivity contribution in [2.45, 2.75) is 31.2 Å². The highest BCUT2D eigenvalue weighted by Crippen LogP contribution is 2.27. The van der Waals surface area contributed by atoms with Crippen LogP contribution >= 0.6 is 0 Å². The smallest absolute Gasteiger partial charge is 0.248 e. The Labute approximate surface area is 177 Å². The minimum atomic E-state index is -0.480. The Kier molecular flexibility index (Phi) is 6.77. The second-order valence-corrected chi connectivity index (χ2v) is 7.92. The Bertz CT molecular complexity index is 798. The molecule has 4 rings (SSSR count). The van der Waals surface area contributed by atoms with Crippen molar-refractivity contribution in [3.63, 3.8) is 0 Å². The van der Waals surface area contributed by atoms with Crippen molar-refractivity contribution in [1.29, 1.82) is 0 Å². The van der Waals surface area contributed by atoms with Crippen LogP contribution in [0, 0.1) is 0 Å². The molecule has 2 aromatic rings. The van der Waals surface area contributed by atoms with Crippen LogP contribution in [0.1, 0.15) is 36.3 Å². The molecule has 30 heavy (non-hydrogen) atoms. The minimum absolute atomic E-state index is 0.0773. The molecule has 6 nitrogen and oxygen atoms in total. The van der Waals surface area contributed by atoms with Crippen LogP contribution in [0.3, 0.4) is 0 Å². The molecule has 1 N–H and O–H groups in total. The molecular formula is C24H29N3O3. The molecule has 6 heteroatoms. The van der Waals surface area contributed by atoms with E-state index >= 15 is 0 Å². The zero-order chi connectivity index (χ0) is 20.8. The van der Waals surface area contributed by atoms with E-state index in [2.05, 4.69) is 34.5 Å². The van der Waals surface area contributed by atoms with Gasteiger partial charge >= 0.3 is 0 Å². The Morgan fingerprint density at radius 2 is 1.67 bits per heavy atom. The molecule has 2 aliphatic heterocycles. The van der Waals surface area contributed by atoms with Gasteiger partial charge in [0.1, 0.15) is 0 Å². The predicted molar refractivity (Wildman–Crippen MR) is 115 cm³/mol. The lowest BCUT2D eigenvalue weighted by Crippen LogP contribution is -2.57. The van der Waals surface area contributed by atoms with E-state index in [-0.39, 0.29) is 24.2 Å². The molecule has 0 spiro atoms. The van der Waals surface area contributed by atoms with Crippen molar-refractivity contribution in [2.75, 3.05) is 32.8 Å². The molecule has 0 saturated carbocycles. The van der Waals surface area contributed by atoms with Crippen LogP contribution in [-0.4, -0.2) is 60.6 Å². The number of hydrogen-bond donors (Lipinski definition) is 1. The summed E-state index contributed by atoms with van der Waals surface area (Å²) in [5.74, 6) is -0.0636. The van der Waals surface area contributed by atoms with Gasteiger partial charge in [-0.2, -0.15) is 0 Å². The molecule has 0 aliphatic carbocycles. The third-order valence-electron chi connectivity index (χ3n) is 5.91. The fourth-order valence-corrected chi connectivity index (χ4v) is 4.27. The van der Waals surface area contributed by atoms with Crippen molar-refractivity contribution in [2.24, 2.45) is 0 Å². The number of nitrogens with zero attached hydrogens (tertiary/aromatic N) is 2. The van der Waals surface area contributed by atoms with E-state index in [0.29, 0.717) is 26.2 Å². The molecule has 0 radical (unpaired) electrons. The molecule has 2 amide bonds. The van der Waals surface area contributed by atoms with Crippen LogP contribution in [0.4, 0.5) is 0 Å². The quantitative estimate of drug-likeness (QED) is 0.800. The number of nitrogens with one attached hydrogen (secondary N) is 1. The van der Waals surface area contributed by atoms with Crippen molar-refractivity contribution in [3.05, 3.63) is 71.8 Å². The van der Waals surface area contributed by atoms with Crippen molar-refractivity contribution in [1.82, 2.24) is 15.3 Å². The number of piperazine rings is 1. The lowest BCUT2D eigenvalue weighted by molar-refractivity contribution is -0.198. The lowest BCUT2D eigenvalue weighted by Gasteiger charge is -2.38. The van der Waals surface area contributed by atoms with E-state index in [1.807, 2.05) is 36.4 Å². The van der Waals surface area contributed by atoms with E-state index in [1.54, 1.807) is 0 Å². The zero-order valence-electron chi connectivity index (χ0n) is 17.2. The highest BCUT2D eigenvalue weighted by molar-refractivity contribution is 5.88. The molecule has 2 aromatic carbocycles. The molecule has 0 bridgehead atoms. The Morgan fingerprint density at radius 3 is 2.27 bits per heavy atom. The van der Waals surface area contributed by atoms with Gasteiger partial charge in [-0.25, -0.2) is 5.06 Å². The van der Waals surface area contributed by atoms with Crippen LogP contribution in [0.25, 0.3) is 0 Å². The van der Waals surface area contributed by atoms with Gasteiger partial charge < -0.3 is 5.32 Å². The normalized spacial score (nSPS) is 20.2. The number of carbonyl (C=O) groups excluding carboxylic acids is 2. The molecule has 2 aliphatic rings. The van der Waals surface area contributed by atoms with E-state index in [0.717, 1.165) is 19.4 Å². The average Bonchev–Trinajstić information content (AvgIpc) is 2.81. The topological polar surface area (TPSA) is 61.9 Å². The monoisotopic (exact) mass is 407 g/mol. The van der Waals surface area contributed by atoms with Gasteiger partial charge in [-0.3, -0.25) is 19.3 Å². The average molecular weight is 408 g/mol. The summed E-state index contributed by atoms with van der Waals surface area (Å²) in [6.07, 6.45) is 2.05. The first-order valence-corrected chi connectivity index (χ1v) is 10.8. The number of hydroxylamine groups is 2. The maximum absolute atomic E-state index is 12.8. The van der Waals surface area contributed by atoms with Gasteiger partial charge in [0, 0.05) is 32.1 Å². The van der Waals surface area contributed by atoms with Gasteiger partial charge in [-0.1, -0.05) is 60.7 Å². The Morgan fingerprint density at radius 1 is 1.00 bits per heavy atom. The molecule has 158 valence electrons. The minimum Gasteiger partial charge on any atom is -0.353 e. The summed E-state index contributed by atoms with van der Waals surface area (Å²) in [5, 5.41) is 4.37. The number of rotatable bonds is 6. The zero-order valence-corrected chi connectivity index (χ0v) is 17.2. The summed E-state index contributed by atoms with van der Waals surface area (Å²) in [5.41, 5.74) is 2.42. The molecule has 2 heterocycles. The van der Waals surface area contributed by atoms with Gasteiger partial charge in [0.15, 0.2) is 0 Å². The maximum Gasteiger partial charge on any atom is 0.248 e. The second-order valence-electron chi connectivity index (χ2n) is 7.92. The highest BCUT2D eigenvalue weighted by Gasteiger charge is 2.35. The van der Waals surface area contributed by atoms with E-state index in [1.165, 1.54) is 16.2 Å². The van der Waals surface area contributed by atoms with E-state index in [4.69, 9.17) is 4.84 Å². The lowest BCUT2D eigenvalue weighted by atomic mass is 9.90. The first-order valence-electron chi connectivity index (χ1n) is 10.8.